The minimum absolute atomic E-state index is 0.875. The maximum Gasteiger partial charge on any atom is 0.136 e. The van der Waals surface area contributed by atoms with Gasteiger partial charge in [0.05, 0.1) is 11.0 Å². The highest BCUT2D eigenvalue weighted by atomic mass is 16.3. The van der Waals surface area contributed by atoms with Crippen LogP contribution >= 0.6 is 0 Å². The molecule has 0 unspecified atom stereocenters. The molecule has 4 nitrogen and oxygen atoms in total. The summed E-state index contributed by atoms with van der Waals surface area (Å²) in [5, 5.41) is 9.23. The van der Waals surface area contributed by atoms with E-state index < -0.39 is 0 Å². The summed E-state index contributed by atoms with van der Waals surface area (Å²) in [6.45, 7) is 0. The third-order valence-electron chi connectivity index (χ3n) is 10.1. The molecule has 0 fully saturated rings. The lowest BCUT2D eigenvalue weighted by Gasteiger charge is -2.26. The SMILES string of the molecule is c1ccc(-n2c3ccccc3c3ccc(N(c4ccc5oc6ccccc6c5c4)c4ccc5ccc6oc7ccccc7c6c5c4)cc32)cc1. The van der Waals surface area contributed by atoms with E-state index in [-0.39, 0.29) is 0 Å². The van der Waals surface area contributed by atoms with Crippen LogP contribution in [0.4, 0.5) is 17.1 Å². The van der Waals surface area contributed by atoms with Crippen LogP contribution in [0.5, 0.6) is 0 Å². The van der Waals surface area contributed by atoms with Crippen LogP contribution in [0.1, 0.15) is 0 Å². The Balaban J connectivity index is 1.21. The average Bonchev–Trinajstić information content (AvgIpc) is 3.84. The summed E-state index contributed by atoms with van der Waals surface area (Å²) in [6.07, 6.45) is 0. The van der Waals surface area contributed by atoms with E-state index >= 15 is 0 Å². The van der Waals surface area contributed by atoms with Gasteiger partial charge in [-0.25, -0.2) is 0 Å². The number of para-hydroxylation sites is 4. The van der Waals surface area contributed by atoms with E-state index in [0.29, 0.717) is 0 Å². The third-order valence-corrected chi connectivity index (χ3v) is 10.1. The molecule has 0 aliphatic rings. The molecule has 8 aromatic carbocycles. The Labute approximate surface area is 286 Å². The van der Waals surface area contributed by atoms with Crippen molar-refractivity contribution >= 4 is 93.5 Å². The van der Waals surface area contributed by atoms with Crippen LogP contribution in [0.25, 0.3) is 82.1 Å². The van der Waals surface area contributed by atoms with Crippen LogP contribution in [-0.4, -0.2) is 4.57 Å². The van der Waals surface area contributed by atoms with Crippen molar-refractivity contribution < 1.29 is 8.83 Å². The van der Waals surface area contributed by atoms with E-state index in [2.05, 4.69) is 155 Å². The quantitative estimate of drug-likeness (QED) is 0.192. The van der Waals surface area contributed by atoms with Crippen molar-refractivity contribution in [3.63, 3.8) is 0 Å². The van der Waals surface area contributed by atoms with E-state index in [1.807, 2.05) is 24.3 Å². The molecule has 0 amide bonds. The second kappa shape index (κ2) is 10.4. The van der Waals surface area contributed by atoms with E-state index in [1.165, 1.54) is 21.7 Å². The molecule has 50 heavy (non-hydrogen) atoms. The van der Waals surface area contributed by atoms with Gasteiger partial charge in [0.25, 0.3) is 0 Å². The van der Waals surface area contributed by atoms with Gasteiger partial charge in [-0.15, -0.1) is 0 Å². The van der Waals surface area contributed by atoms with Crippen molar-refractivity contribution in [3.05, 3.63) is 170 Å². The van der Waals surface area contributed by atoms with Gasteiger partial charge in [0, 0.05) is 55.1 Å². The minimum atomic E-state index is 0.875. The normalized spacial score (nSPS) is 12.0. The standard InChI is InChI=1S/C46H28N2O2/c1-2-10-30(11-3-1)48-40-15-7-4-12-34(40)35-23-21-33(28-41(35)48)47(32-22-25-44-39(27-32)36-13-5-8-16-42(36)49-44)31-20-18-29-19-24-45-46(38(29)26-31)37-14-6-9-17-43(37)50-45/h1-28H. The van der Waals surface area contributed by atoms with Gasteiger partial charge in [-0.2, -0.15) is 0 Å². The lowest BCUT2D eigenvalue weighted by molar-refractivity contribution is 0.668. The number of hydrogen-bond donors (Lipinski definition) is 0. The summed E-state index contributed by atoms with van der Waals surface area (Å²) >= 11 is 0. The number of benzene rings is 8. The van der Waals surface area contributed by atoms with Gasteiger partial charge in [0.15, 0.2) is 0 Å². The predicted octanol–water partition coefficient (Wildman–Crippen LogP) is 13.2. The van der Waals surface area contributed by atoms with Crippen molar-refractivity contribution in [2.45, 2.75) is 0 Å². The molecule has 0 spiro atoms. The van der Waals surface area contributed by atoms with E-state index in [9.17, 15) is 0 Å². The molecule has 0 bridgehead atoms. The molecule has 11 aromatic rings. The molecule has 0 radical (unpaired) electrons. The highest BCUT2D eigenvalue weighted by Gasteiger charge is 2.20. The van der Waals surface area contributed by atoms with Crippen molar-refractivity contribution in [2.24, 2.45) is 0 Å². The van der Waals surface area contributed by atoms with Crippen LogP contribution in [0.2, 0.25) is 0 Å². The first kappa shape index (κ1) is 27.2. The summed E-state index contributed by atoms with van der Waals surface area (Å²) in [4.78, 5) is 2.37. The largest absolute Gasteiger partial charge is 0.456 e. The fourth-order valence-corrected chi connectivity index (χ4v) is 7.92. The molecule has 0 aliphatic heterocycles. The second-order valence-electron chi connectivity index (χ2n) is 12.9. The molecular weight excluding hydrogens is 613 g/mol. The third kappa shape index (κ3) is 3.93. The Bertz CT molecular complexity index is 3110. The fraction of sp³-hybridized carbons (Fsp3) is 0. The zero-order chi connectivity index (χ0) is 32.8. The Hall–Kier alpha value is -6.78. The molecule has 0 atom stereocenters. The number of rotatable bonds is 4. The maximum atomic E-state index is 6.32. The highest BCUT2D eigenvalue weighted by Crippen LogP contribution is 2.43. The number of nitrogens with zero attached hydrogens (tertiary/aromatic N) is 2. The van der Waals surface area contributed by atoms with Crippen molar-refractivity contribution in [1.82, 2.24) is 4.57 Å². The number of fused-ring (bicyclic) bond motifs is 11. The zero-order valence-electron chi connectivity index (χ0n) is 26.9. The molecular formula is C46H28N2O2. The van der Waals surface area contributed by atoms with Crippen LogP contribution in [0.3, 0.4) is 0 Å². The van der Waals surface area contributed by atoms with Gasteiger partial charge in [0.2, 0.25) is 0 Å². The smallest absolute Gasteiger partial charge is 0.136 e. The van der Waals surface area contributed by atoms with Gasteiger partial charge in [-0.1, -0.05) is 91.0 Å². The topological polar surface area (TPSA) is 34.5 Å². The van der Waals surface area contributed by atoms with Crippen molar-refractivity contribution in [1.29, 1.82) is 0 Å². The summed E-state index contributed by atoms with van der Waals surface area (Å²) in [5.74, 6) is 0. The molecule has 0 N–H and O–H groups in total. The maximum absolute atomic E-state index is 6.32. The van der Waals surface area contributed by atoms with Gasteiger partial charge in [0.1, 0.15) is 22.3 Å². The van der Waals surface area contributed by atoms with Gasteiger partial charge < -0.3 is 18.3 Å². The van der Waals surface area contributed by atoms with Crippen molar-refractivity contribution in [3.8, 4) is 5.69 Å². The molecule has 4 heteroatoms. The van der Waals surface area contributed by atoms with Gasteiger partial charge in [-0.05, 0) is 89.6 Å². The first-order chi connectivity index (χ1) is 24.8. The van der Waals surface area contributed by atoms with Crippen LogP contribution in [0, 0.1) is 0 Å². The highest BCUT2D eigenvalue weighted by molar-refractivity contribution is 6.19. The number of furan rings is 2. The lowest BCUT2D eigenvalue weighted by Crippen LogP contribution is -2.10. The van der Waals surface area contributed by atoms with Crippen LogP contribution in [0.15, 0.2) is 179 Å². The first-order valence-electron chi connectivity index (χ1n) is 16.9. The van der Waals surface area contributed by atoms with Gasteiger partial charge >= 0.3 is 0 Å². The van der Waals surface area contributed by atoms with Crippen LogP contribution < -0.4 is 4.90 Å². The molecule has 0 aliphatic carbocycles. The number of hydrogen-bond acceptors (Lipinski definition) is 3. The second-order valence-corrected chi connectivity index (χ2v) is 12.9. The number of anilines is 3. The summed E-state index contributed by atoms with van der Waals surface area (Å²) in [5.41, 5.74) is 10.2. The number of aromatic nitrogens is 1. The van der Waals surface area contributed by atoms with E-state index in [1.54, 1.807) is 0 Å². The first-order valence-corrected chi connectivity index (χ1v) is 16.9. The molecule has 3 heterocycles. The summed E-state index contributed by atoms with van der Waals surface area (Å²) in [6, 6.07) is 60.3. The zero-order valence-corrected chi connectivity index (χ0v) is 26.9. The van der Waals surface area contributed by atoms with E-state index in [4.69, 9.17) is 8.83 Å². The molecule has 0 saturated carbocycles. The molecule has 0 saturated heterocycles. The fourth-order valence-electron chi connectivity index (χ4n) is 7.92. The Morgan fingerprint density at radius 1 is 0.360 bits per heavy atom. The minimum Gasteiger partial charge on any atom is -0.456 e. The Kier molecular flexibility index (Phi) is 5.63. The van der Waals surface area contributed by atoms with Crippen LogP contribution in [-0.2, 0) is 0 Å². The van der Waals surface area contributed by atoms with Crippen molar-refractivity contribution in [2.75, 3.05) is 4.90 Å². The Morgan fingerprint density at radius 3 is 1.78 bits per heavy atom. The van der Waals surface area contributed by atoms with E-state index in [0.717, 1.165) is 77.5 Å². The molecule has 11 rings (SSSR count). The van der Waals surface area contributed by atoms with Gasteiger partial charge in [-0.3, -0.25) is 0 Å². The Morgan fingerprint density at radius 2 is 0.920 bits per heavy atom. The average molecular weight is 641 g/mol. The monoisotopic (exact) mass is 640 g/mol. The summed E-state index contributed by atoms with van der Waals surface area (Å²) in [7, 11) is 0. The predicted molar refractivity (Wildman–Crippen MR) is 208 cm³/mol. The lowest BCUT2D eigenvalue weighted by atomic mass is 10.0. The molecule has 3 aromatic heterocycles. The molecule has 234 valence electrons. The summed E-state index contributed by atoms with van der Waals surface area (Å²) < 4.78 is 15.0.